The Morgan fingerprint density at radius 1 is 0.917 bits per heavy atom. The predicted octanol–water partition coefficient (Wildman–Crippen LogP) is 3.17. The van der Waals surface area contributed by atoms with E-state index in [0.29, 0.717) is 31.7 Å². The normalized spacial score (nSPS) is 22.1. The van der Waals surface area contributed by atoms with Crippen LogP contribution >= 0.6 is 0 Å². The predicted molar refractivity (Wildman–Crippen MR) is 141 cm³/mol. The molecule has 1 aromatic carbocycles. The van der Waals surface area contributed by atoms with Gasteiger partial charge in [-0.25, -0.2) is 0 Å². The van der Waals surface area contributed by atoms with E-state index in [1.807, 2.05) is 30.3 Å². The number of amides is 3. The lowest BCUT2D eigenvalue weighted by Gasteiger charge is -2.35. The van der Waals surface area contributed by atoms with Crippen LogP contribution in [0.2, 0.25) is 0 Å². The molecule has 1 aromatic rings. The number of carbonyl (C=O) groups is 3. The summed E-state index contributed by atoms with van der Waals surface area (Å²) in [5.41, 5.74) is 5.43. The standard InChI is InChI=1S/C29H44N4O3/c30-27(35)29(15-7-8-16-29)28(36)32-25(19-22-9-3-1-4-10-22)26(34)31-20-23-13-17-33(18-14-23)21-24-11-5-2-6-12-24/h1,3-4,9-10,23-25H,2,5-8,11-21H2,(H2,30,35)(H,31,34)(H,32,36)/t25-/m1/s1. The minimum Gasteiger partial charge on any atom is -0.369 e. The lowest BCUT2D eigenvalue weighted by molar-refractivity contribution is -0.143. The van der Waals surface area contributed by atoms with Crippen molar-refractivity contribution in [1.82, 2.24) is 15.5 Å². The van der Waals surface area contributed by atoms with E-state index in [9.17, 15) is 14.4 Å². The first-order valence-corrected chi connectivity index (χ1v) is 14.1. The van der Waals surface area contributed by atoms with Crippen LogP contribution in [0.15, 0.2) is 30.3 Å². The maximum absolute atomic E-state index is 13.3. The van der Waals surface area contributed by atoms with Crippen molar-refractivity contribution in [3.63, 3.8) is 0 Å². The third-order valence-electron chi connectivity index (χ3n) is 8.78. The molecule has 4 rings (SSSR count). The number of nitrogens with zero attached hydrogens (tertiary/aromatic N) is 1. The summed E-state index contributed by atoms with van der Waals surface area (Å²) in [7, 11) is 0. The molecule has 7 nitrogen and oxygen atoms in total. The Labute approximate surface area is 215 Å². The minimum atomic E-state index is -1.19. The van der Waals surface area contributed by atoms with E-state index >= 15 is 0 Å². The first-order valence-electron chi connectivity index (χ1n) is 14.1. The molecule has 3 amide bonds. The molecule has 36 heavy (non-hydrogen) atoms. The van der Waals surface area contributed by atoms with Crippen LogP contribution in [-0.2, 0) is 20.8 Å². The van der Waals surface area contributed by atoms with E-state index < -0.39 is 23.3 Å². The average molecular weight is 497 g/mol. The van der Waals surface area contributed by atoms with Gasteiger partial charge >= 0.3 is 0 Å². The Kier molecular flexibility index (Phi) is 9.41. The van der Waals surface area contributed by atoms with Crippen LogP contribution in [0.1, 0.15) is 76.2 Å². The Balaban J connectivity index is 1.30. The number of rotatable bonds is 10. The number of carbonyl (C=O) groups excluding carboxylic acids is 3. The number of nitrogens with two attached hydrogens (primary N) is 1. The highest BCUT2D eigenvalue weighted by atomic mass is 16.2. The highest BCUT2D eigenvalue weighted by molar-refractivity contribution is 6.05. The monoisotopic (exact) mass is 496 g/mol. The molecule has 0 unspecified atom stereocenters. The molecule has 4 N–H and O–H groups in total. The molecule has 198 valence electrons. The van der Waals surface area contributed by atoms with E-state index in [1.54, 1.807) is 0 Å². The van der Waals surface area contributed by atoms with Gasteiger partial charge in [0, 0.05) is 19.5 Å². The zero-order chi connectivity index (χ0) is 25.4. The van der Waals surface area contributed by atoms with E-state index in [0.717, 1.165) is 50.3 Å². The molecule has 0 spiro atoms. The molecule has 1 heterocycles. The van der Waals surface area contributed by atoms with Crippen LogP contribution in [0, 0.1) is 17.3 Å². The van der Waals surface area contributed by atoms with Gasteiger partial charge in [0.1, 0.15) is 11.5 Å². The largest absolute Gasteiger partial charge is 0.369 e. The molecule has 2 aliphatic carbocycles. The van der Waals surface area contributed by atoms with Crippen LogP contribution < -0.4 is 16.4 Å². The first kappa shape index (κ1) is 26.6. The first-order chi connectivity index (χ1) is 17.5. The summed E-state index contributed by atoms with van der Waals surface area (Å²) < 4.78 is 0. The van der Waals surface area contributed by atoms with Crippen molar-refractivity contribution in [2.45, 2.75) is 83.1 Å². The SMILES string of the molecule is NC(=O)C1(C(=O)N[C@H](Cc2ccccc2)C(=O)NCC2CCN(CC3CCCCC3)CC2)CCCC1. The number of piperidine rings is 1. The number of nitrogens with one attached hydrogen (secondary N) is 2. The zero-order valence-electron chi connectivity index (χ0n) is 21.7. The molecule has 1 aliphatic heterocycles. The van der Waals surface area contributed by atoms with Gasteiger partial charge in [0.25, 0.3) is 0 Å². The van der Waals surface area contributed by atoms with Crippen molar-refractivity contribution in [2.75, 3.05) is 26.2 Å². The summed E-state index contributed by atoms with van der Waals surface area (Å²) >= 11 is 0. The van der Waals surface area contributed by atoms with Gasteiger partial charge in [0.2, 0.25) is 17.7 Å². The number of primary amides is 1. The van der Waals surface area contributed by atoms with Gasteiger partial charge in [-0.15, -0.1) is 0 Å². The van der Waals surface area contributed by atoms with Crippen LogP contribution in [-0.4, -0.2) is 54.8 Å². The summed E-state index contributed by atoms with van der Waals surface area (Å²) in [6.45, 7) is 4.05. The highest BCUT2D eigenvalue weighted by Crippen LogP contribution is 2.38. The summed E-state index contributed by atoms with van der Waals surface area (Å²) in [5.74, 6) is 0.141. The van der Waals surface area contributed by atoms with Crippen LogP contribution in [0.3, 0.4) is 0 Å². The Hall–Kier alpha value is -2.41. The zero-order valence-corrected chi connectivity index (χ0v) is 21.7. The number of hydrogen-bond acceptors (Lipinski definition) is 4. The third-order valence-corrected chi connectivity index (χ3v) is 8.78. The highest BCUT2D eigenvalue weighted by Gasteiger charge is 2.47. The molecule has 7 heteroatoms. The molecule has 3 aliphatic rings. The maximum atomic E-state index is 13.3. The smallest absolute Gasteiger partial charge is 0.242 e. The molecule has 1 atom stereocenters. The fraction of sp³-hybridized carbons (Fsp3) is 0.690. The van der Waals surface area contributed by atoms with Gasteiger partial charge in [-0.3, -0.25) is 14.4 Å². The molecule has 3 fully saturated rings. The van der Waals surface area contributed by atoms with Crippen molar-refractivity contribution >= 4 is 17.7 Å². The number of likely N-dealkylation sites (tertiary alicyclic amines) is 1. The summed E-state index contributed by atoms with van der Waals surface area (Å²) in [6.07, 6.45) is 12.0. The van der Waals surface area contributed by atoms with E-state index in [-0.39, 0.29) is 5.91 Å². The molecular formula is C29H44N4O3. The Bertz CT molecular complexity index is 870. The van der Waals surface area contributed by atoms with Crippen molar-refractivity contribution in [1.29, 1.82) is 0 Å². The molecule has 0 radical (unpaired) electrons. The lowest BCUT2D eigenvalue weighted by Crippen LogP contribution is -2.55. The second-order valence-corrected chi connectivity index (χ2v) is 11.4. The van der Waals surface area contributed by atoms with E-state index in [1.165, 1.54) is 38.6 Å². The van der Waals surface area contributed by atoms with Crippen LogP contribution in [0.25, 0.3) is 0 Å². The lowest BCUT2D eigenvalue weighted by atomic mass is 9.84. The van der Waals surface area contributed by atoms with Gasteiger partial charge in [-0.05, 0) is 69.0 Å². The molecule has 2 saturated carbocycles. The maximum Gasteiger partial charge on any atom is 0.242 e. The van der Waals surface area contributed by atoms with Gasteiger partial charge in [0.05, 0.1) is 0 Å². The summed E-state index contributed by atoms with van der Waals surface area (Å²) in [5, 5.41) is 6.03. The molecule has 1 saturated heterocycles. The van der Waals surface area contributed by atoms with E-state index in [4.69, 9.17) is 5.73 Å². The quantitative estimate of drug-likeness (QED) is 0.433. The fourth-order valence-corrected chi connectivity index (χ4v) is 6.40. The summed E-state index contributed by atoms with van der Waals surface area (Å²) in [4.78, 5) is 41.3. The van der Waals surface area contributed by atoms with Gasteiger partial charge in [-0.1, -0.05) is 62.4 Å². The van der Waals surface area contributed by atoms with Crippen molar-refractivity contribution in [2.24, 2.45) is 23.0 Å². The topological polar surface area (TPSA) is 105 Å². The van der Waals surface area contributed by atoms with Crippen molar-refractivity contribution in [3.8, 4) is 0 Å². The minimum absolute atomic E-state index is 0.186. The second-order valence-electron chi connectivity index (χ2n) is 11.4. The summed E-state index contributed by atoms with van der Waals surface area (Å²) in [6, 6.07) is 8.95. The Morgan fingerprint density at radius 2 is 1.58 bits per heavy atom. The number of hydrogen-bond donors (Lipinski definition) is 3. The van der Waals surface area contributed by atoms with Gasteiger partial charge in [-0.2, -0.15) is 0 Å². The molecular weight excluding hydrogens is 452 g/mol. The second kappa shape index (κ2) is 12.7. The van der Waals surface area contributed by atoms with E-state index in [2.05, 4.69) is 15.5 Å². The van der Waals surface area contributed by atoms with Gasteiger partial charge < -0.3 is 21.3 Å². The average Bonchev–Trinajstić information content (AvgIpc) is 3.41. The fourth-order valence-electron chi connectivity index (χ4n) is 6.40. The van der Waals surface area contributed by atoms with Crippen LogP contribution in [0.5, 0.6) is 0 Å². The van der Waals surface area contributed by atoms with Crippen molar-refractivity contribution in [3.05, 3.63) is 35.9 Å². The third kappa shape index (κ3) is 6.87. The molecule has 0 bridgehead atoms. The van der Waals surface area contributed by atoms with Crippen LogP contribution in [0.4, 0.5) is 0 Å². The van der Waals surface area contributed by atoms with Crippen molar-refractivity contribution < 1.29 is 14.4 Å². The Morgan fingerprint density at radius 3 is 2.22 bits per heavy atom. The van der Waals surface area contributed by atoms with Gasteiger partial charge in [0.15, 0.2) is 0 Å². The number of benzene rings is 1. The molecule has 0 aromatic heterocycles.